The van der Waals surface area contributed by atoms with E-state index in [4.69, 9.17) is 5.73 Å². The Balaban J connectivity index is 2.19. The summed E-state index contributed by atoms with van der Waals surface area (Å²) in [4.78, 5) is 0. The third-order valence-corrected chi connectivity index (χ3v) is 4.01. The lowest BCUT2D eigenvalue weighted by Crippen LogP contribution is -2.36. The molecule has 0 aromatic heterocycles. The fourth-order valence-electron chi connectivity index (χ4n) is 2.39. The summed E-state index contributed by atoms with van der Waals surface area (Å²) in [5, 5.41) is 10.2. The minimum atomic E-state index is -0.380. The normalized spacial score (nSPS) is 20.2. The van der Waals surface area contributed by atoms with Crippen LogP contribution in [0.5, 0.6) is 0 Å². The first-order valence-corrected chi connectivity index (χ1v) is 6.11. The molecule has 2 heteroatoms. The summed E-state index contributed by atoms with van der Waals surface area (Å²) in [6.07, 6.45) is 3.11. The quantitative estimate of drug-likeness (QED) is 0.820. The van der Waals surface area contributed by atoms with Crippen LogP contribution in [0.1, 0.15) is 42.0 Å². The highest BCUT2D eigenvalue weighted by Crippen LogP contribution is 2.35. The van der Waals surface area contributed by atoms with Crippen molar-refractivity contribution in [1.82, 2.24) is 0 Å². The lowest BCUT2D eigenvalue weighted by Gasteiger charge is -2.34. The van der Waals surface area contributed by atoms with E-state index in [2.05, 4.69) is 19.9 Å². The molecule has 0 bridgehead atoms. The second-order valence-electron chi connectivity index (χ2n) is 5.00. The smallest absolute Gasteiger partial charge is 0.0760 e. The fourth-order valence-corrected chi connectivity index (χ4v) is 2.39. The molecule has 2 nitrogen and oxygen atoms in total. The van der Waals surface area contributed by atoms with Crippen molar-refractivity contribution in [2.45, 2.75) is 45.3 Å². The molecule has 1 fully saturated rings. The predicted molar refractivity (Wildman–Crippen MR) is 66.2 cm³/mol. The van der Waals surface area contributed by atoms with Crippen LogP contribution in [0.2, 0.25) is 0 Å². The maximum atomic E-state index is 10.2. The van der Waals surface area contributed by atoms with E-state index in [1.165, 1.54) is 17.5 Å². The molecule has 3 N–H and O–H groups in total. The summed E-state index contributed by atoms with van der Waals surface area (Å²) in [6.45, 7) is 4.17. The number of aliphatic hydroxyl groups excluding tert-OH is 1. The van der Waals surface area contributed by atoms with Crippen LogP contribution in [0.3, 0.4) is 0 Å². The molecule has 1 aliphatic carbocycles. The molecule has 1 aromatic rings. The Hall–Kier alpha value is -0.860. The van der Waals surface area contributed by atoms with Crippen LogP contribution in [0.4, 0.5) is 0 Å². The predicted octanol–water partition coefficient (Wildman–Crippen LogP) is 2.46. The SMILES string of the molecule is Cc1cccc([C@H](N)[C@H](O)C2CCC2)c1C. The zero-order valence-electron chi connectivity index (χ0n) is 10.1. The number of hydrogen-bond acceptors (Lipinski definition) is 2. The van der Waals surface area contributed by atoms with E-state index in [1.807, 2.05) is 12.1 Å². The Labute approximate surface area is 97.5 Å². The second-order valence-corrected chi connectivity index (χ2v) is 5.00. The number of nitrogens with two attached hydrogens (primary N) is 1. The fraction of sp³-hybridized carbons (Fsp3) is 0.571. The maximum absolute atomic E-state index is 10.2. The molecule has 1 saturated carbocycles. The Morgan fingerprint density at radius 1 is 1.31 bits per heavy atom. The van der Waals surface area contributed by atoms with E-state index in [9.17, 15) is 5.11 Å². The number of benzene rings is 1. The van der Waals surface area contributed by atoms with Gasteiger partial charge in [-0.25, -0.2) is 0 Å². The minimum absolute atomic E-state index is 0.231. The standard InChI is InChI=1S/C14H21NO/c1-9-5-3-8-12(10(9)2)13(15)14(16)11-6-4-7-11/h3,5,8,11,13-14,16H,4,6-7,15H2,1-2H3/t13-,14+/m0/s1. The zero-order valence-corrected chi connectivity index (χ0v) is 10.1. The van der Waals surface area contributed by atoms with Gasteiger partial charge in [-0.1, -0.05) is 24.6 Å². The lowest BCUT2D eigenvalue weighted by atomic mass is 9.77. The molecule has 0 radical (unpaired) electrons. The van der Waals surface area contributed by atoms with Gasteiger partial charge in [0.15, 0.2) is 0 Å². The molecule has 0 aliphatic heterocycles. The Bertz CT molecular complexity index is 371. The van der Waals surface area contributed by atoms with E-state index >= 15 is 0 Å². The van der Waals surface area contributed by atoms with Gasteiger partial charge in [-0.3, -0.25) is 0 Å². The first-order valence-electron chi connectivity index (χ1n) is 6.11. The molecule has 0 saturated heterocycles. The average Bonchev–Trinajstić information content (AvgIpc) is 2.18. The number of aliphatic hydroxyl groups is 1. The molecular formula is C14H21NO. The Kier molecular flexibility index (Phi) is 3.31. The van der Waals surface area contributed by atoms with Crippen molar-refractivity contribution in [3.05, 3.63) is 34.9 Å². The first-order chi connectivity index (χ1) is 7.61. The van der Waals surface area contributed by atoms with Crippen LogP contribution in [0.15, 0.2) is 18.2 Å². The number of aryl methyl sites for hydroxylation is 1. The van der Waals surface area contributed by atoms with Crippen LogP contribution >= 0.6 is 0 Å². The number of rotatable bonds is 3. The van der Waals surface area contributed by atoms with Gasteiger partial charge in [-0.2, -0.15) is 0 Å². The highest BCUT2D eigenvalue weighted by Gasteiger charge is 2.31. The van der Waals surface area contributed by atoms with Crippen molar-refractivity contribution in [1.29, 1.82) is 0 Å². The van der Waals surface area contributed by atoms with Crippen molar-refractivity contribution < 1.29 is 5.11 Å². The van der Waals surface area contributed by atoms with Crippen molar-refractivity contribution >= 4 is 0 Å². The average molecular weight is 219 g/mol. The molecule has 2 atom stereocenters. The van der Waals surface area contributed by atoms with E-state index in [1.54, 1.807) is 0 Å². The van der Waals surface area contributed by atoms with Crippen LogP contribution in [0, 0.1) is 19.8 Å². The zero-order chi connectivity index (χ0) is 11.7. The van der Waals surface area contributed by atoms with Crippen LogP contribution in [-0.4, -0.2) is 11.2 Å². The summed E-state index contributed by atoms with van der Waals surface area (Å²) in [7, 11) is 0. The molecular weight excluding hydrogens is 198 g/mol. The summed E-state index contributed by atoms with van der Waals surface area (Å²) < 4.78 is 0. The van der Waals surface area contributed by atoms with E-state index < -0.39 is 0 Å². The maximum Gasteiger partial charge on any atom is 0.0760 e. The van der Waals surface area contributed by atoms with Gasteiger partial charge in [0.2, 0.25) is 0 Å². The third kappa shape index (κ3) is 2.00. The van der Waals surface area contributed by atoms with Crippen molar-refractivity contribution in [3.63, 3.8) is 0 Å². The summed E-state index contributed by atoms with van der Waals surface area (Å²) in [5.41, 5.74) is 9.73. The van der Waals surface area contributed by atoms with Crippen LogP contribution < -0.4 is 5.73 Å². The molecule has 0 unspecified atom stereocenters. The third-order valence-electron chi connectivity index (χ3n) is 4.01. The molecule has 0 amide bonds. The van der Waals surface area contributed by atoms with Gasteiger partial charge < -0.3 is 10.8 Å². The summed E-state index contributed by atoms with van der Waals surface area (Å²) >= 11 is 0. The molecule has 1 aliphatic rings. The number of hydrogen-bond donors (Lipinski definition) is 2. The summed E-state index contributed by atoms with van der Waals surface area (Å²) in [6, 6.07) is 5.91. The highest BCUT2D eigenvalue weighted by atomic mass is 16.3. The molecule has 1 aromatic carbocycles. The lowest BCUT2D eigenvalue weighted by molar-refractivity contribution is 0.0412. The van der Waals surface area contributed by atoms with Crippen LogP contribution in [0.25, 0.3) is 0 Å². The molecule has 0 heterocycles. The largest absolute Gasteiger partial charge is 0.391 e. The van der Waals surface area contributed by atoms with Crippen molar-refractivity contribution in [3.8, 4) is 0 Å². The molecule has 0 spiro atoms. The van der Waals surface area contributed by atoms with E-state index in [-0.39, 0.29) is 12.1 Å². The van der Waals surface area contributed by atoms with E-state index in [0.717, 1.165) is 18.4 Å². The second kappa shape index (κ2) is 4.56. The van der Waals surface area contributed by atoms with Gasteiger partial charge in [0.05, 0.1) is 12.1 Å². The van der Waals surface area contributed by atoms with Gasteiger partial charge in [0.1, 0.15) is 0 Å². The van der Waals surface area contributed by atoms with Crippen LogP contribution in [-0.2, 0) is 0 Å². The molecule has 2 rings (SSSR count). The van der Waals surface area contributed by atoms with Crippen molar-refractivity contribution in [2.24, 2.45) is 11.7 Å². The van der Waals surface area contributed by atoms with Gasteiger partial charge in [0, 0.05) is 0 Å². The Morgan fingerprint density at radius 2 is 2.00 bits per heavy atom. The highest BCUT2D eigenvalue weighted by molar-refractivity contribution is 5.35. The molecule has 88 valence electrons. The molecule has 16 heavy (non-hydrogen) atoms. The summed E-state index contributed by atoms with van der Waals surface area (Å²) in [5.74, 6) is 0.412. The van der Waals surface area contributed by atoms with Gasteiger partial charge in [-0.05, 0) is 49.3 Å². The van der Waals surface area contributed by atoms with Crippen molar-refractivity contribution in [2.75, 3.05) is 0 Å². The van der Waals surface area contributed by atoms with Gasteiger partial charge in [0.25, 0.3) is 0 Å². The van der Waals surface area contributed by atoms with Gasteiger partial charge >= 0.3 is 0 Å². The Morgan fingerprint density at radius 3 is 2.56 bits per heavy atom. The minimum Gasteiger partial charge on any atom is -0.391 e. The van der Waals surface area contributed by atoms with Gasteiger partial charge in [-0.15, -0.1) is 0 Å². The first kappa shape index (κ1) is 11.6. The topological polar surface area (TPSA) is 46.2 Å². The monoisotopic (exact) mass is 219 g/mol. The van der Waals surface area contributed by atoms with E-state index in [0.29, 0.717) is 5.92 Å².